The summed E-state index contributed by atoms with van der Waals surface area (Å²) in [6.07, 6.45) is 3.48. The molecule has 2 rings (SSSR count). The molecule has 5 heteroatoms. The van der Waals surface area contributed by atoms with Gasteiger partial charge in [-0.1, -0.05) is 5.21 Å². The minimum atomic E-state index is 0.208. The van der Waals surface area contributed by atoms with Crippen LogP contribution in [0.25, 0.3) is 0 Å². The molecule has 0 bridgehead atoms. The highest BCUT2D eigenvalue weighted by atomic mass is 16.5. The lowest BCUT2D eigenvalue weighted by Gasteiger charge is -2.25. The molecule has 5 nitrogen and oxygen atoms in total. The number of aryl methyl sites for hydroxylation is 1. The maximum Gasteiger partial charge on any atom is 0.100 e. The van der Waals surface area contributed by atoms with Crippen LogP contribution < -0.4 is 0 Å². The van der Waals surface area contributed by atoms with Gasteiger partial charge >= 0.3 is 0 Å². The molecule has 0 saturated carbocycles. The van der Waals surface area contributed by atoms with Crippen molar-refractivity contribution in [3.05, 3.63) is 11.9 Å². The SMILES string of the molecule is OCCCc1cn(C2COC2)nn1. The van der Waals surface area contributed by atoms with Crippen molar-refractivity contribution in [2.75, 3.05) is 19.8 Å². The Morgan fingerprint density at radius 2 is 2.46 bits per heavy atom. The van der Waals surface area contributed by atoms with Crippen LogP contribution in [-0.4, -0.2) is 39.9 Å². The molecule has 13 heavy (non-hydrogen) atoms. The lowest BCUT2D eigenvalue weighted by atomic mass is 10.2. The summed E-state index contributed by atoms with van der Waals surface area (Å²) in [4.78, 5) is 0. The summed E-state index contributed by atoms with van der Waals surface area (Å²) in [6.45, 7) is 1.69. The van der Waals surface area contributed by atoms with Crippen LogP contribution in [0.15, 0.2) is 6.20 Å². The Morgan fingerprint density at radius 3 is 3.08 bits per heavy atom. The zero-order chi connectivity index (χ0) is 9.10. The maximum atomic E-state index is 8.63. The lowest BCUT2D eigenvalue weighted by Crippen LogP contribution is -2.30. The number of aromatic nitrogens is 3. The summed E-state index contributed by atoms with van der Waals surface area (Å²) in [6, 6.07) is 0.371. The number of ether oxygens (including phenoxy) is 1. The minimum absolute atomic E-state index is 0.208. The first kappa shape index (κ1) is 8.65. The van der Waals surface area contributed by atoms with E-state index in [1.54, 1.807) is 0 Å². The van der Waals surface area contributed by atoms with Gasteiger partial charge in [0.25, 0.3) is 0 Å². The highest BCUT2D eigenvalue weighted by molar-refractivity contribution is 4.94. The molecule has 0 amide bonds. The zero-order valence-corrected chi connectivity index (χ0v) is 7.39. The van der Waals surface area contributed by atoms with Gasteiger partial charge in [0.2, 0.25) is 0 Å². The second-order valence-electron chi connectivity index (χ2n) is 3.21. The highest BCUT2D eigenvalue weighted by Crippen LogP contribution is 2.15. The monoisotopic (exact) mass is 183 g/mol. The fourth-order valence-electron chi connectivity index (χ4n) is 1.24. The molecular weight excluding hydrogens is 170 g/mol. The third-order valence-corrected chi connectivity index (χ3v) is 2.14. The van der Waals surface area contributed by atoms with E-state index in [-0.39, 0.29) is 6.61 Å². The summed E-state index contributed by atoms with van der Waals surface area (Å²) in [5, 5.41) is 16.6. The third-order valence-electron chi connectivity index (χ3n) is 2.14. The normalized spacial score (nSPS) is 17.3. The predicted octanol–water partition coefficient (Wildman–Crippen LogP) is -0.226. The Bertz CT molecular complexity index is 270. The summed E-state index contributed by atoms with van der Waals surface area (Å²) < 4.78 is 6.89. The summed E-state index contributed by atoms with van der Waals surface area (Å²) >= 11 is 0. The molecule has 72 valence electrons. The van der Waals surface area contributed by atoms with Crippen molar-refractivity contribution in [2.45, 2.75) is 18.9 Å². The topological polar surface area (TPSA) is 60.2 Å². The van der Waals surface area contributed by atoms with Crippen LogP contribution in [0, 0.1) is 0 Å². The molecule has 1 aliphatic rings. The first-order chi connectivity index (χ1) is 6.40. The second kappa shape index (κ2) is 3.85. The van der Waals surface area contributed by atoms with Crippen molar-refractivity contribution in [1.82, 2.24) is 15.0 Å². The van der Waals surface area contributed by atoms with Gasteiger partial charge in [-0.3, -0.25) is 0 Å². The Balaban J connectivity index is 1.92. The van der Waals surface area contributed by atoms with Gasteiger partial charge in [-0.2, -0.15) is 0 Å². The van der Waals surface area contributed by atoms with Gasteiger partial charge in [0.05, 0.1) is 18.9 Å². The zero-order valence-electron chi connectivity index (χ0n) is 7.39. The standard InChI is InChI=1S/C8H13N3O2/c12-3-1-2-7-4-11(10-9-7)8-5-13-6-8/h4,8,12H,1-3,5-6H2. The predicted molar refractivity (Wildman–Crippen MR) is 45.3 cm³/mol. The first-order valence-corrected chi connectivity index (χ1v) is 4.49. The molecule has 0 radical (unpaired) electrons. The van der Waals surface area contributed by atoms with Crippen molar-refractivity contribution in [3.63, 3.8) is 0 Å². The molecule has 2 heterocycles. The molecule has 1 fully saturated rings. The van der Waals surface area contributed by atoms with E-state index in [0.29, 0.717) is 6.04 Å². The molecule has 0 unspecified atom stereocenters. The van der Waals surface area contributed by atoms with Crippen LogP contribution in [0.4, 0.5) is 0 Å². The van der Waals surface area contributed by atoms with Gasteiger partial charge in [0.15, 0.2) is 0 Å². The molecule has 1 aliphatic heterocycles. The van der Waals surface area contributed by atoms with E-state index in [4.69, 9.17) is 9.84 Å². The molecule has 1 aromatic heterocycles. The van der Waals surface area contributed by atoms with Crippen LogP contribution in [0.1, 0.15) is 18.2 Å². The van der Waals surface area contributed by atoms with Crippen molar-refractivity contribution in [1.29, 1.82) is 0 Å². The van der Waals surface area contributed by atoms with E-state index >= 15 is 0 Å². The number of hydrogen-bond donors (Lipinski definition) is 1. The molecule has 1 saturated heterocycles. The van der Waals surface area contributed by atoms with Crippen LogP contribution in [0.3, 0.4) is 0 Å². The van der Waals surface area contributed by atoms with Gasteiger partial charge in [-0.15, -0.1) is 5.10 Å². The van der Waals surface area contributed by atoms with Crippen LogP contribution in [-0.2, 0) is 11.2 Å². The van der Waals surface area contributed by atoms with Gasteiger partial charge in [0, 0.05) is 12.8 Å². The Labute approximate surface area is 76.3 Å². The quantitative estimate of drug-likeness (QED) is 0.700. The van der Waals surface area contributed by atoms with E-state index in [1.165, 1.54) is 0 Å². The van der Waals surface area contributed by atoms with Crippen LogP contribution in [0.5, 0.6) is 0 Å². The smallest absolute Gasteiger partial charge is 0.100 e. The van der Waals surface area contributed by atoms with E-state index in [9.17, 15) is 0 Å². The highest BCUT2D eigenvalue weighted by Gasteiger charge is 2.21. The molecule has 1 N–H and O–H groups in total. The van der Waals surface area contributed by atoms with Crippen molar-refractivity contribution in [3.8, 4) is 0 Å². The minimum Gasteiger partial charge on any atom is -0.396 e. The molecule has 0 aliphatic carbocycles. The number of aliphatic hydroxyl groups excluding tert-OH is 1. The van der Waals surface area contributed by atoms with Crippen molar-refractivity contribution >= 4 is 0 Å². The van der Waals surface area contributed by atoms with E-state index < -0.39 is 0 Å². The first-order valence-electron chi connectivity index (χ1n) is 4.49. The Kier molecular flexibility index (Phi) is 2.56. The lowest BCUT2D eigenvalue weighted by molar-refractivity contribution is -0.0293. The number of nitrogens with zero attached hydrogens (tertiary/aromatic N) is 3. The molecule has 1 aromatic rings. The number of hydrogen-bond acceptors (Lipinski definition) is 4. The Morgan fingerprint density at radius 1 is 1.62 bits per heavy atom. The second-order valence-corrected chi connectivity index (χ2v) is 3.21. The maximum absolute atomic E-state index is 8.63. The third kappa shape index (κ3) is 1.87. The average Bonchev–Trinajstić information content (AvgIpc) is 2.46. The summed E-state index contributed by atoms with van der Waals surface area (Å²) in [5.74, 6) is 0. The van der Waals surface area contributed by atoms with Crippen LogP contribution in [0.2, 0.25) is 0 Å². The molecule has 0 aromatic carbocycles. The molecule has 0 atom stereocenters. The van der Waals surface area contributed by atoms with Gasteiger partial charge in [0.1, 0.15) is 6.04 Å². The van der Waals surface area contributed by atoms with E-state index in [2.05, 4.69) is 10.3 Å². The van der Waals surface area contributed by atoms with Gasteiger partial charge < -0.3 is 9.84 Å². The van der Waals surface area contributed by atoms with E-state index in [1.807, 2.05) is 10.9 Å². The molecule has 0 spiro atoms. The Hall–Kier alpha value is -0.940. The largest absolute Gasteiger partial charge is 0.396 e. The van der Waals surface area contributed by atoms with Crippen molar-refractivity contribution in [2.24, 2.45) is 0 Å². The fourth-order valence-corrected chi connectivity index (χ4v) is 1.24. The van der Waals surface area contributed by atoms with Crippen LogP contribution >= 0.6 is 0 Å². The van der Waals surface area contributed by atoms with Gasteiger partial charge in [-0.05, 0) is 12.8 Å². The number of aliphatic hydroxyl groups is 1. The summed E-state index contributed by atoms with van der Waals surface area (Å²) in [5.41, 5.74) is 0.945. The van der Waals surface area contributed by atoms with Gasteiger partial charge in [-0.25, -0.2) is 4.68 Å². The van der Waals surface area contributed by atoms with Crippen molar-refractivity contribution < 1.29 is 9.84 Å². The fraction of sp³-hybridized carbons (Fsp3) is 0.750. The molecular formula is C8H13N3O2. The summed E-state index contributed by atoms with van der Waals surface area (Å²) in [7, 11) is 0. The number of rotatable bonds is 4. The van der Waals surface area contributed by atoms with E-state index in [0.717, 1.165) is 31.7 Å². The average molecular weight is 183 g/mol.